The molecular weight excluding hydrogens is 372 g/mol. The summed E-state index contributed by atoms with van der Waals surface area (Å²) < 4.78 is 0. The van der Waals surface area contributed by atoms with E-state index in [-0.39, 0.29) is 11.9 Å². The molecule has 2 atom stereocenters. The molecule has 1 N–H and O–H groups in total. The van der Waals surface area contributed by atoms with Crippen molar-refractivity contribution in [3.63, 3.8) is 0 Å². The van der Waals surface area contributed by atoms with Gasteiger partial charge in [-0.3, -0.25) is 10.1 Å². The van der Waals surface area contributed by atoms with Crippen LogP contribution in [-0.2, 0) is 10.5 Å². The molecule has 3 amide bonds. The van der Waals surface area contributed by atoms with Gasteiger partial charge in [-0.25, -0.2) is 9.79 Å². The van der Waals surface area contributed by atoms with Gasteiger partial charge in [0.2, 0.25) is 0 Å². The van der Waals surface area contributed by atoms with Gasteiger partial charge in [0, 0.05) is 19.3 Å². The molecule has 1 aromatic rings. The van der Waals surface area contributed by atoms with Crippen LogP contribution < -0.4 is 5.32 Å². The second kappa shape index (κ2) is 9.96. The number of carbonyl (C=O) groups is 2. The lowest BCUT2D eigenvalue weighted by molar-refractivity contribution is -0.127. The van der Waals surface area contributed by atoms with Crippen LogP contribution in [0.3, 0.4) is 0 Å². The summed E-state index contributed by atoms with van der Waals surface area (Å²) in [6.07, 6.45) is 6.77. The number of hydrogen-bond acceptors (Lipinski definition) is 5. The topological polar surface area (TPSA) is 65.0 Å². The van der Waals surface area contributed by atoms with Gasteiger partial charge in [0.1, 0.15) is 0 Å². The van der Waals surface area contributed by atoms with Crippen molar-refractivity contribution in [3.8, 4) is 0 Å². The predicted molar refractivity (Wildman–Crippen MR) is 114 cm³/mol. The fourth-order valence-corrected chi connectivity index (χ4v) is 4.68. The van der Waals surface area contributed by atoms with E-state index in [1.54, 1.807) is 18.8 Å². The molecule has 0 radical (unpaired) electrons. The Morgan fingerprint density at radius 3 is 2.54 bits per heavy atom. The van der Waals surface area contributed by atoms with Gasteiger partial charge < -0.3 is 9.80 Å². The highest BCUT2D eigenvalue weighted by Gasteiger charge is 2.48. The third-order valence-electron chi connectivity index (χ3n) is 5.29. The number of likely N-dealkylation sites (N-methyl/N-ethyl adjacent to an activating group) is 1. The molecule has 6 nitrogen and oxygen atoms in total. The Kier molecular flexibility index (Phi) is 7.36. The zero-order valence-electron chi connectivity index (χ0n) is 16.8. The van der Waals surface area contributed by atoms with Crippen molar-refractivity contribution in [1.29, 1.82) is 0 Å². The lowest BCUT2D eigenvalue weighted by Gasteiger charge is -2.36. The first kappa shape index (κ1) is 20.7. The maximum absolute atomic E-state index is 12.6. The summed E-state index contributed by atoms with van der Waals surface area (Å²) in [6, 6.07) is 9.46. The van der Waals surface area contributed by atoms with Crippen LogP contribution in [0.2, 0.25) is 0 Å². The Morgan fingerprint density at radius 1 is 1.07 bits per heavy atom. The minimum absolute atomic E-state index is 0.238. The predicted octanol–water partition coefficient (Wildman–Crippen LogP) is 3.83. The molecule has 28 heavy (non-hydrogen) atoms. The Hall–Kier alpha value is -2.02. The Morgan fingerprint density at radius 2 is 1.79 bits per heavy atom. The molecule has 0 aliphatic carbocycles. The molecule has 1 saturated heterocycles. The maximum atomic E-state index is 12.6. The third-order valence-corrected chi connectivity index (χ3v) is 6.36. The van der Waals surface area contributed by atoms with E-state index in [0.29, 0.717) is 0 Å². The second-order valence-corrected chi connectivity index (χ2v) is 8.35. The molecule has 2 heterocycles. The van der Waals surface area contributed by atoms with E-state index in [2.05, 4.69) is 29.3 Å². The highest BCUT2D eigenvalue weighted by Crippen LogP contribution is 2.30. The summed E-state index contributed by atoms with van der Waals surface area (Å²) in [6.45, 7) is 3.01. The van der Waals surface area contributed by atoms with Crippen molar-refractivity contribution in [1.82, 2.24) is 15.1 Å². The summed E-state index contributed by atoms with van der Waals surface area (Å²) in [4.78, 5) is 33.0. The molecule has 7 heteroatoms. The number of unbranched alkanes of at least 4 members (excludes halogenated alkanes) is 5. The molecule has 0 spiro atoms. The van der Waals surface area contributed by atoms with E-state index >= 15 is 0 Å². The largest absolute Gasteiger partial charge is 0.336 e. The molecule has 1 fully saturated rings. The first-order chi connectivity index (χ1) is 13.6. The van der Waals surface area contributed by atoms with Crippen molar-refractivity contribution in [2.45, 2.75) is 63.4 Å². The summed E-state index contributed by atoms with van der Waals surface area (Å²) in [5.74, 6) is 0.559. The van der Waals surface area contributed by atoms with Gasteiger partial charge in [-0.1, -0.05) is 81.1 Å². The average Bonchev–Trinajstić information content (AvgIpc) is 3.07. The second-order valence-electron chi connectivity index (χ2n) is 7.41. The van der Waals surface area contributed by atoms with Crippen LogP contribution in [0, 0.1) is 0 Å². The van der Waals surface area contributed by atoms with Gasteiger partial charge >= 0.3 is 6.03 Å². The van der Waals surface area contributed by atoms with Crippen molar-refractivity contribution in [2.24, 2.45) is 4.99 Å². The maximum Gasteiger partial charge on any atom is 0.325 e. The highest BCUT2D eigenvalue weighted by molar-refractivity contribution is 8.13. The van der Waals surface area contributed by atoms with Crippen molar-refractivity contribution >= 4 is 28.9 Å². The van der Waals surface area contributed by atoms with Crippen molar-refractivity contribution in [2.75, 3.05) is 13.6 Å². The molecule has 2 aliphatic heterocycles. The summed E-state index contributed by atoms with van der Waals surface area (Å²) in [7, 11) is 1.71. The van der Waals surface area contributed by atoms with Crippen LogP contribution in [0.5, 0.6) is 0 Å². The monoisotopic (exact) mass is 402 g/mol. The molecule has 0 bridgehead atoms. The minimum atomic E-state index is -0.431. The molecule has 3 rings (SSSR count). The van der Waals surface area contributed by atoms with Crippen LogP contribution in [0.1, 0.15) is 51.0 Å². The fourth-order valence-electron chi connectivity index (χ4n) is 3.64. The van der Waals surface area contributed by atoms with Gasteiger partial charge in [-0.15, -0.1) is 0 Å². The van der Waals surface area contributed by atoms with E-state index < -0.39 is 12.2 Å². The van der Waals surface area contributed by atoms with Gasteiger partial charge in [0.15, 0.2) is 17.4 Å². The number of aliphatic imine (C=N–C) groups is 1. The Bertz CT molecular complexity index is 710. The number of amides is 3. The lowest BCUT2D eigenvalue weighted by Crippen LogP contribution is -2.63. The zero-order chi connectivity index (χ0) is 19.9. The quantitative estimate of drug-likeness (QED) is 0.638. The van der Waals surface area contributed by atoms with E-state index in [9.17, 15) is 9.59 Å². The lowest BCUT2D eigenvalue weighted by atomic mass is 10.1. The molecule has 2 unspecified atom stereocenters. The van der Waals surface area contributed by atoms with Crippen molar-refractivity contribution in [3.05, 3.63) is 35.9 Å². The number of thioether (sulfide) groups is 1. The number of nitrogens with zero attached hydrogens (tertiary/aromatic N) is 3. The van der Waals surface area contributed by atoms with E-state index in [1.807, 2.05) is 18.2 Å². The number of rotatable bonds is 9. The molecular formula is C21H30N4O2S. The molecule has 152 valence electrons. The van der Waals surface area contributed by atoms with Crippen LogP contribution in [-0.4, -0.2) is 52.7 Å². The number of hydrogen-bond donors (Lipinski definition) is 1. The smallest absolute Gasteiger partial charge is 0.325 e. The zero-order valence-corrected chi connectivity index (χ0v) is 17.6. The SMILES string of the molecule is CCCCCCCCN1C(SCc2ccccc2)=NC2C1C(=O)NC(=O)N2C. The van der Waals surface area contributed by atoms with Crippen LogP contribution in [0.4, 0.5) is 4.79 Å². The van der Waals surface area contributed by atoms with Crippen LogP contribution in [0.15, 0.2) is 35.3 Å². The van der Waals surface area contributed by atoms with Gasteiger partial charge in [-0.05, 0) is 12.0 Å². The summed E-state index contributed by atoms with van der Waals surface area (Å²) in [5.41, 5.74) is 1.22. The number of amidine groups is 1. The van der Waals surface area contributed by atoms with E-state index in [1.165, 1.54) is 36.1 Å². The molecule has 0 saturated carbocycles. The third kappa shape index (κ3) is 4.87. The number of carbonyl (C=O) groups excluding carboxylic acids is 2. The number of imide groups is 1. The first-order valence-electron chi connectivity index (χ1n) is 10.2. The molecule has 0 aromatic heterocycles. The van der Waals surface area contributed by atoms with E-state index in [0.717, 1.165) is 30.3 Å². The number of urea groups is 1. The average molecular weight is 403 g/mol. The highest BCUT2D eigenvalue weighted by atomic mass is 32.2. The fraction of sp³-hybridized carbons (Fsp3) is 0.571. The standard InChI is InChI=1S/C21H30N4O2S/c1-3-4-5-6-7-11-14-25-17-18(24(2)20(27)23-19(17)26)22-21(25)28-15-16-12-9-8-10-13-16/h8-10,12-13,17-18H,3-7,11,14-15H2,1-2H3,(H,23,26,27). The number of benzene rings is 1. The minimum Gasteiger partial charge on any atom is -0.336 e. The normalized spacial score (nSPS) is 21.6. The van der Waals surface area contributed by atoms with E-state index in [4.69, 9.17) is 4.99 Å². The van der Waals surface area contributed by atoms with Crippen LogP contribution >= 0.6 is 11.8 Å². The first-order valence-corrected chi connectivity index (χ1v) is 11.2. The molecule has 1 aromatic carbocycles. The Balaban J connectivity index is 1.66. The van der Waals surface area contributed by atoms with Gasteiger partial charge in [-0.2, -0.15) is 0 Å². The summed E-state index contributed by atoms with van der Waals surface area (Å²) >= 11 is 1.65. The van der Waals surface area contributed by atoms with Gasteiger partial charge in [0.25, 0.3) is 5.91 Å². The van der Waals surface area contributed by atoms with Crippen molar-refractivity contribution < 1.29 is 9.59 Å². The number of nitrogens with one attached hydrogen (secondary N) is 1. The van der Waals surface area contributed by atoms with Gasteiger partial charge in [0.05, 0.1) is 0 Å². The Labute approximate surface area is 171 Å². The number of fused-ring (bicyclic) bond motifs is 1. The summed E-state index contributed by atoms with van der Waals surface area (Å²) in [5, 5.41) is 3.33. The molecule has 2 aliphatic rings. The van der Waals surface area contributed by atoms with Crippen LogP contribution in [0.25, 0.3) is 0 Å².